The summed E-state index contributed by atoms with van der Waals surface area (Å²) in [6.45, 7) is 1.47. The number of rotatable bonds is 5. The molecule has 2 aromatic rings. The van der Waals surface area contributed by atoms with Crippen molar-refractivity contribution in [1.82, 2.24) is 4.98 Å². The molecular formula is C17H18N4O2. The first-order valence-corrected chi connectivity index (χ1v) is 7.52. The molecule has 1 fully saturated rings. The van der Waals surface area contributed by atoms with E-state index in [1.54, 1.807) is 6.20 Å². The highest BCUT2D eigenvalue weighted by Crippen LogP contribution is 2.30. The summed E-state index contributed by atoms with van der Waals surface area (Å²) in [6, 6.07) is 11.0. The predicted molar refractivity (Wildman–Crippen MR) is 89.6 cm³/mol. The molecule has 0 radical (unpaired) electrons. The topological polar surface area (TPSA) is 83.1 Å². The van der Waals surface area contributed by atoms with Gasteiger partial charge < -0.3 is 16.0 Å². The molecule has 1 aromatic carbocycles. The number of benzene rings is 1. The highest BCUT2D eigenvalue weighted by atomic mass is 16.2. The lowest BCUT2D eigenvalue weighted by Crippen LogP contribution is -2.13. The van der Waals surface area contributed by atoms with E-state index in [0.717, 1.165) is 24.2 Å². The number of pyridine rings is 1. The molecule has 2 amide bonds. The van der Waals surface area contributed by atoms with Crippen LogP contribution < -0.4 is 16.0 Å². The van der Waals surface area contributed by atoms with Crippen molar-refractivity contribution in [3.8, 4) is 0 Å². The molecule has 1 heterocycles. The van der Waals surface area contributed by atoms with Crippen LogP contribution in [0.3, 0.4) is 0 Å². The van der Waals surface area contributed by atoms with Crippen LogP contribution in [0.25, 0.3) is 0 Å². The van der Waals surface area contributed by atoms with Crippen molar-refractivity contribution in [2.75, 3.05) is 16.0 Å². The average molecular weight is 310 g/mol. The summed E-state index contributed by atoms with van der Waals surface area (Å²) in [6.07, 6.45) is 3.59. The molecule has 0 bridgehead atoms. The van der Waals surface area contributed by atoms with Gasteiger partial charge in [-0.3, -0.25) is 9.59 Å². The van der Waals surface area contributed by atoms with E-state index in [0.29, 0.717) is 11.5 Å². The molecule has 3 N–H and O–H groups in total. The molecular weight excluding hydrogens is 292 g/mol. The average Bonchev–Trinajstić information content (AvgIpc) is 3.35. The minimum Gasteiger partial charge on any atom is -0.340 e. The maximum absolute atomic E-state index is 11.7. The first-order chi connectivity index (χ1) is 11.1. The van der Waals surface area contributed by atoms with Crippen LogP contribution in [0, 0.1) is 5.92 Å². The zero-order valence-electron chi connectivity index (χ0n) is 12.8. The van der Waals surface area contributed by atoms with Gasteiger partial charge in [0.05, 0.1) is 11.9 Å². The number of nitrogens with one attached hydrogen (secondary N) is 3. The van der Waals surface area contributed by atoms with Crippen LogP contribution in [-0.4, -0.2) is 16.8 Å². The summed E-state index contributed by atoms with van der Waals surface area (Å²) in [5.41, 5.74) is 2.31. The minimum absolute atomic E-state index is 0.0704. The van der Waals surface area contributed by atoms with Gasteiger partial charge >= 0.3 is 0 Å². The van der Waals surface area contributed by atoms with Crippen LogP contribution in [0.15, 0.2) is 42.6 Å². The first-order valence-electron chi connectivity index (χ1n) is 7.52. The fourth-order valence-corrected chi connectivity index (χ4v) is 2.12. The third-order valence-corrected chi connectivity index (χ3v) is 3.46. The lowest BCUT2D eigenvalue weighted by molar-refractivity contribution is -0.117. The number of carbonyl (C=O) groups excluding carboxylic acids is 2. The summed E-state index contributed by atoms with van der Waals surface area (Å²) >= 11 is 0. The lowest BCUT2D eigenvalue weighted by atomic mass is 10.2. The highest BCUT2D eigenvalue weighted by Gasteiger charge is 2.29. The largest absolute Gasteiger partial charge is 0.340 e. The standard InChI is InChI=1S/C17H18N4O2/c1-11(22)19-13-4-6-14(7-5-13)20-16-9-8-15(10-18-16)21-17(23)12-2-3-12/h4-10,12H,2-3H2,1H3,(H,18,20)(H,19,22)(H,21,23). The Morgan fingerprint density at radius 3 is 2.17 bits per heavy atom. The predicted octanol–water partition coefficient (Wildman–Crippen LogP) is 3.13. The Balaban J connectivity index is 1.59. The van der Waals surface area contributed by atoms with E-state index in [4.69, 9.17) is 0 Å². The smallest absolute Gasteiger partial charge is 0.227 e. The Kier molecular flexibility index (Phi) is 4.23. The van der Waals surface area contributed by atoms with Crippen molar-refractivity contribution in [1.29, 1.82) is 0 Å². The Bertz CT molecular complexity index is 706. The number of anilines is 4. The zero-order valence-corrected chi connectivity index (χ0v) is 12.8. The minimum atomic E-state index is -0.101. The van der Waals surface area contributed by atoms with Gasteiger partial charge in [-0.1, -0.05) is 0 Å². The van der Waals surface area contributed by atoms with Crippen LogP contribution in [0.2, 0.25) is 0 Å². The van der Waals surface area contributed by atoms with Crippen LogP contribution in [-0.2, 0) is 9.59 Å². The van der Waals surface area contributed by atoms with Gasteiger partial charge in [-0.2, -0.15) is 0 Å². The van der Waals surface area contributed by atoms with Crippen molar-refractivity contribution in [3.63, 3.8) is 0 Å². The molecule has 0 aliphatic heterocycles. The Morgan fingerprint density at radius 2 is 1.61 bits per heavy atom. The van der Waals surface area contributed by atoms with Crippen LogP contribution in [0.1, 0.15) is 19.8 Å². The Labute approximate surface area is 134 Å². The van der Waals surface area contributed by atoms with E-state index in [1.807, 2.05) is 36.4 Å². The zero-order chi connectivity index (χ0) is 16.2. The molecule has 0 saturated heterocycles. The van der Waals surface area contributed by atoms with Gasteiger partial charge in [-0.25, -0.2) is 4.98 Å². The fraction of sp³-hybridized carbons (Fsp3) is 0.235. The second kappa shape index (κ2) is 6.48. The molecule has 118 valence electrons. The third-order valence-electron chi connectivity index (χ3n) is 3.46. The molecule has 0 spiro atoms. The Morgan fingerprint density at radius 1 is 0.957 bits per heavy atom. The fourth-order valence-electron chi connectivity index (χ4n) is 2.12. The molecule has 1 aliphatic carbocycles. The van der Waals surface area contributed by atoms with Gasteiger partial charge in [0.1, 0.15) is 5.82 Å². The second-order valence-electron chi connectivity index (χ2n) is 5.58. The molecule has 1 aromatic heterocycles. The molecule has 1 aliphatic rings. The summed E-state index contributed by atoms with van der Waals surface area (Å²) < 4.78 is 0. The molecule has 6 nitrogen and oxygen atoms in total. The number of aromatic nitrogens is 1. The maximum Gasteiger partial charge on any atom is 0.227 e. The second-order valence-corrected chi connectivity index (χ2v) is 5.58. The number of hydrogen-bond donors (Lipinski definition) is 3. The Hall–Kier alpha value is -2.89. The van der Waals surface area contributed by atoms with E-state index >= 15 is 0 Å². The number of nitrogens with zero attached hydrogens (tertiary/aromatic N) is 1. The summed E-state index contributed by atoms with van der Waals surface area (Å²) in [5.74, 6) is 0.828. The molecule has 3 rings (SSSR count). The van der Waals surface area contributed by atoms with E-state index in [-0.39, 0.29) is 17.7 Å². The van der Waals surface area contributed by atoms with E-state index in [1.165, 1.54) is 6.92 Å². The van der Waals surface area contributed by atoms with Crippen LogP contribution in [0.4, 0.5) is 22.9 Å². The van der Waals surface area contributed by atoms with Crippen molar-refractivity contribution in [3.05, 3.63) is 42.6 Å². The van der Waals surface area contributed by atoms with Gasteiger partial charge in [0.2, 0.25) is 11.8 Å². The normalized spacial score (nSPS) is 13.3. The summed E-state index contributed by atoms with van der Waals surface area (Å²) in [5, 5.41) is 8.73. The summed E-state index contributed by atoms with van der Waals surface area (Å²) in [4.78, 5) is 26.9. The van der Waals surface area contributed by atoms with Crippen molar-refractivity contribution in [2.24, 2.45) is 5.92 Å². The van der Waals surface area contributed by atoms with Crippen LogP contribution in [0.5, 0.6) is 0 Å². The molecule has 0 unspecified atom stereocenters. The van der Waals surface area contributed by atoms with Crippen LogP contribution >= 0.6 is 0 Å². The van der Waals surface area contributed by atoms with Crippen molar-refractivity contribution >= 4 is 34.7 Å². The monoisotopic (exact) mass is 310 g/mol. The third kappa shape index (κ3) is 4.29. The molecule has 0 atom stereocenters. The van der Waals surface area contributed by atoms with E-state index in [9.17, 15) is 9.59 Å². The highest BCUT2D eigenvalue weighted by molar-refractivity contribution is 5.94. The molecule has 1 saturated carbocycles. The number of amides is 2. The lowest BCUT2D eigenvalue weighted by Gasteiger charge is -2.08. The van der Waals surface area contributed by atoms with Crippen molar-refractivity contribution in [2.45, 2.75) is 19.8 Å². The SMILES string of the molecule is CC(=O)Nc1ccc(Nc2ccc(NC(=O)C3CC3)cn2)cc1. The van der Waals surface area contributed by atoms with E-state index < -0.39 is 0 Å². The van der Waals surface area contributed by atoms with Gasteiger partial charge in [0.15, 0.2) is 0 Å². The molecule has 23 heavy (non-hydrogen) atoms. The van der Waals surface area contributed by atoms with Gasteiger partial charge in [-0.05, 0) is 49.2 Å². The summed E-state index contributed by atoms with van der Waals surface area (Å²) in [7, 11) is 0. The maximum atomic E-state index is 11.7. The number of carbonyl (C=O) groups is 2. The van der Waals surface area contributed by atoms with Gasteiger partial charge in [-0.15, -0.1) is 0 Å². The van der Waals surface area contributed by atoms with Gasteiger partial charge in [0.25, 0.3) is 0 Å². The van der Waals surface area contributed by atoms with Gasteiger partial charge in [0, 0.05) is 24.2 Å². The van der Waals surface area contributed by atoms with E-state index in [2.05, 4.69) is 20.9 Å². The quantitative estimate of drug-likeness (QED) is 0.792. The first kappa shape index (κ1) is 15.0. The number of hydrogen-bond acceptors (Lipinski definition) is 4. The molecule has 6 heteroatoms. The van der Waals surface area contributed by atoms with Crippen molar-refractivity contribution < 1.29 is 9.59 Å².